The minimum atomic E-state index is -0.588. The van der Waals surface area contributed by atoms with Gasteiger partial charge in [-0.15, -0.1) is 0 Å². The molecule has 0 radical (unpaired) electrons. The molecule has 0 saturated carbocycles. The summed E-state index contributed by atoms with van der Waals surface area (Å²) < 4.78 is 0. The first-order chi connectivity index (χ1) is 10.0. The number of carbonyl (C=O) groups excluding carboxylic acids is 1. The Morgan fingerprint density at radius 1 is 1.43 bits per heavy atom. The Kier molecular flexibility index (Phi) is 4.32. The second kappa shape index (κ2) is 6.17. The van der Waals surface area contributed by atoms with Gasteiger partial charge in [0.15, 0.2) is 0 Å². The molecule has 2 aromatic rings. The first-order valence-corrected chi connectivity index (χ1v) is 6.61. The summed E-state index contributed by atoms with van der Waals surface area (Å²) in [5.41, 5.74) is 0.794. The number of para-hydroxylation sites is 1. The van der Waals surface area contributed by atoms with Crippen molar-refractivity contribution < 1.29 is 9.72 Å². The molecule has 110 valence electrons. The van der Waals surface area contributed by atoms with Crippen LogP contribution < -0.4 is 10.6 Å². The molecule has 0 aliphatic rings. The molecule has 1 unspecified atom stereocenters. The SMILES string of the molecule is CCNC(=O)C(C)Nc1c([N+](=O)[O-])cnc2ccccc12. The van der Waals surface area contributed by atoms with E-state index in [9.17, 15) is 14.9 Å². The van der Waals surface area contributed by atoms with Crippen molar-refractivity contribution in [3.8, 4) is 0 Å². The number of pyridine rings is 1. The zero-order valence-electron chi connectivity index (χ0n) is 11.8. The Hall–Kier alpha value is -2.70. The number of nitrogens with one attached hydrogen (secondary N) is 2. The number of likely N-dealkylation sites (N-methyl/N-ethyl adjacent to an activating group) is 1. The molecule has 0 aliphatic heterocycles. The van der Waals surface area contributed by atoms with Gasteiger partial charge < -0.3 is 10.6 Å². The van der Waals surface area contributed by atoms with E-state index in [-0.39, 0.29) is 11.6 Å². The zero-order chi connectivity index (χ0) is 15.4. The number of benzene rings is 1. The number of anilines is 1. The van der Waals surface area contributed by atoms with Gasteiger partial charge in [0.1, 0.15) is 17.9 Å². The summed E-state index contributed by atoms with van der Waals surface area (Å²) in [5.74, 6) is -0.215. The number of amides is 1. The molecule has 0 fully saturated rings. The van der Waals surface area contributed by atoms with Crippen LogP contribution in [0.25, 0.3) is 10.9 Å². The highest BCUT2D eigenvalue weighted by atomic mass is 16.6. The number of carbonyl (C=O) groups is 1. The summed E-state index contributed by atoms with van der Waals surface area (Å²) in [5, 5.41) is 17.4. The quantitative estimate of drug-likeness (QED) is 0.648. The standard InChI is InChI=1S/C14H16N4O3/c1-3-15-14(19)9(2)17-13-10-6-4-5-7-11(10)16-8-12(13)18(20)21/h4-9H,3H2,1-2H3,(H,15,19)(H,16,17). The fourth-order valence-corrected chi connectivity index (χ4v) is 2.03. The van der Waals surface area contributed by atoms with Gasteiger partial charge in [0, 0.05) is 11.9 Å². The van der Waals surface area contributed by atoms with Crippen LogP contribution in [0.3, 0.4) is 0 Å². The van der Waals surface area contributed by atoms with Crippen molar-refractivity contribution in [2.45, 2.75) is 19.9 Å². The maximum absolute atomic E-state index is 11.8. The third-order valence-electron chi connectivity index (χ3n) is 3.06. The lowest BCUT2D eigenvalue weighted by Gasteiger charge is -2.16. The number of nitrogens with zero attached hydrogens (tertiary/aromatic N) is 2. The molecule has 7 heteroatoms. The Morgan fingerprint density at radius 3 is 2.81 bits per heavy atom. The van der Waals surface area contributed by atoms with Gasteiger partial charge in [0.2, 0.25) is 5.91 Å². The summed E-state index contributed by atoms with van der Waals surface area (Å²) in [6.07, 6.45) is 1.20. The molecule has 2 rings (SSSR count). The third kappa shape index (κ3) is 3.07. The predicted molar refractivity (Wildman–Crippen MR) is 80.2 cm³/mol. The number of aromatic nitrogens is 1. The molecule has 0 saturated heterocycles. The van der Waals surface area contributed by atoms with E-state index in [0.29, 0.717) is 23.1 Å². The topological polar surface area (TPSA) is 97.2 Å². The van der Waals surface area contributed by atoms with Crippen molar-refractivity contribution in [3.05, 3.63) is 40.6 Å². The minimum Gasteiger partial charge on any atom is -0.368 e. The van der Waals surface area contributed by atoms with Crippen molar-refractivity contribution in [2.24, 2.45) is 0 Å². The van der Waals surface area contributed by atoms with Gasteiger partial charge in [0.05, 0.1) is 10.4 Å². The molecule has 21 heavy (non-hydrogen) atoms. The number of rotatable bonds is 5. The van der Waals surface area contributed by atoms with E-state index in [2.05, 4.69) is 15.6 Å². The summed E-state index contributed by atoms with van der Waals surface area (Å²) in [6.45, 7) is 3.98. The number of hydrogen-bond acceptors (Lipinski definition) is 5. The average molecular weight is 288 g/mol. The van der Waals surface area contributed by atoms with Crippen LogP contribution in [0.2, 0.25) is 0 Å². The lowest BCUT2D eigenvalue weighted by atomic mass is 10.1. The fraction of sp³-hybridized carbons (Fsp3) is 0.286. The molecule has 1 amide bonds. The number of nitro groups is 1. The molecule has 1 atom stereocenters. The van der Waals surface area contributed by atoms with E-state index in [1.54, 1.807) is 31.2 Å². The Labute approximate surface area is 121 Å². The lowest BCUT2D eigenvalue weighted by Crippen LogP contribution is -2.37. The summed E-state index contributed by atoms with van der Waals surface area (Å²) in [4.78, 5) is 26.5. The molecule has 0 bridgehead atoms. The highest BCUT2D eigenvalue weighted by Crippen LogP contribution is 2.31. The van der Waals surface area contributed by atoms with Crippen molar-refractivity contribution in [1.29, 1.82) is 0 Å². The van der Waals surface area contributed by atoms with E-state index in [1.165, 1.54) is 6.20 Å². The fourth-order valence-electron chi connectivity index (χ4n) is 2.03. The van der Waals surface area contributed by atoms with E-state index in [4.69, 9.17) is 0 Å². The third-order valence-corrected chi connectivity index (χ3v) is 3.06. The largest absolute Gasteiger partial charge is 0.368 e. The second-order valence-electron chi connectivity index (χ2n) is 4.55. The lowest BCUT2D eigenvalue weighted by molar-refractivity contribution is -0.384. The number of hydrogen-bond donors (Lipinski definition) is 2. The Morgan fingerprint density at radius 2 is 2.14 bits per heavy atom. The van der Waals surface area contributed by atoms with Gasteiger partial charge in [-0.1, -0.05) is 18.2 Å². The Bertz CT molecular complexity index is 687. The van der Waals surface area contributed by atoms with Crippen LogP contribution in [-0.4, -0.2) is 28.4 Å². The van der Waals surface area contributed by atoms with Crippen LogP contribution in [0.4, 0.5) is 11.4 Å². The maximum Gasteiger partial charge on any atom is 0.311 e. The van der Waals surface area contributed by atoms with Gasteiger partial charge in [-0.25, -0.2) is 4.98 Å². The minimum absolute atomic E-state index is 0.148. The summed E-state index contributed by atoms with van der Waals surface area (Å²) in [7, 11) is 0. The van der Waals surface area contributed by atoms with E-state index in [1.807, 2.05) is 6.92 Å². The molecular weight excluding hydrogens is 272 g/mol. The number of fused-ring (bicyclic) bond motifs is 1. The highest BCUT2D eigenvalue weighted by molar-refractivity contribution is 5.97. The normalized spacial score (nSPS) is 11.9. The van der Waals surface area contributed by atoms with Crippen LogP contribution in [0.1, 0.15) is 13.8 Å². The van der Waals surface area contributed by atoms with Crippen molar-refractivity contribution >= 4 is 28.2 Å². The average Bonchev–Trinajstić information content (AvgIpc) is 2.47. The predicted octanol–water partition coefficient (Wildman–Crippen LogP) is 2.08. The van der Waals surface area contributed by atoms with E-state index in [0.717, 1.165) is 0 Å². The molecule has 0 spiro atoms. The van der Waals surface area contributed by atoms with Gasteiger partial charge >= 0.3 is 5.69 Å². The van der Waals surface area contributed by atoms with Crippen LogP contribution >= 0.6 is 0 Å². The first kappa shape index (κ1) is 14.7. The van der Waals surface area contributed by atoms with Crippen LogP contribution in [0, 0.1) is 10.1 Å². The van der Waals surface area contributed by atoms with Crippen molar-refractivity contribution in [3.63, 3.8) is 0 Å². The molecule has 1 heterocycles. The van der Waals surface area contributed by atoms with E-state index < -0.39 is 11.0 Å². The van der Waals surface area contributed by atoms with Crippen LogP contribution in [0.5, 0.6) is 0 Å². The molecule has 1 aromatic heterocycles. The van der Waals surface area contributed by atoms with E-state index >= 15 is 0 Å². The molecular formula is C14H16N4O3. The van der Waals surface area contributed by atoms with Crippen molar-refractivity contribution in [1.82, 2.24) is 10.3 Å². The zero-order valence-corrected chi connectivity index (χ0v) is 11.8. The first-order valence-electron chi connectivity index (χ1n) is 6.61. The molecule has 0 aliphatic carbocycles. The van der Waals surface area contributed by atoms with Crippen LogP contribution in [-0.2, 0) is 4.79 Å². The molecule has 2 N–H and O–H groups in total. The van der Waals surface area contributed by atoms with Gasteiger partial charge in [-0.05, 0) is 19.9 Å². The monoisotopic (exact) mass is 288 g/mol. The van der Waals surface area contributed by atoms with Gasteiger partial charge in [-0.3, -0.25) is 14.9 Å². The summed E-state index contributed by atoms with van der Waals surface area (Å²) in [6, 6.07) is 6.49. The van der Waals surface area contributed by atoms with Gasteiger partial charge in [-0.2, -0.15) is 0 Å². The van der Waals surface area contributed by atoms with Crippen molar-refractivity contribution in [2.75, 3.05) is 11.9 Å². The summed E-state index contributed by atoms with van der Waals surface area (Å²) >= 11 is 0. The molecule has 1 aromatic carbocycles. The van der Waals surface area contributed by atoms with Gasteiger partial charge in [0.25, 0.3) is 0 Å². The Balaban J connectivity index is 2.47. The maximum atomic E-state index is 11.8. The molecule has 7 nitrogen and oxygen atoms in total. The second-order valence-corrected chi connectivity index (χ2v) is 4.55. The van der Waals surface area contributed by atoms with Crippen LogP contribution in [0.15, 0.2) is 30.5 Å². The smallest absolute Gasteiger partial charge is 0.311 e. The highest BCUT2D eigenvalue weighted by Gasteiger charge is 2.21.